The van der Waals surface area contributed by atoms with E-state index >= 15 is 0 Å². The Hall–Kier alpha value is -1.54. The summed E-state index contributed by atoms with van der Waals surface area (Å²) in [5, 5.41) is 0. The van der Waals surface area contributed by atoms with E-state index in [2.05, 4.69) is 85.7 Å². The number of benzene rings is 2. The Morgan fingerprint density at radius 3 is 1.84 bits per heavy atom. The van der Waals surface area contributed by atoms with E-state index in [0.717, 1.165) is 24.3 Å². The van der Waals surface area contributed by atoms with Gasteiger partial charge in [-0.3, -0.25) is 4.79 Å². The molecule has 0 amide bonds. The lowest BCUT2D eigenvalue weighted by atomic mass is 10.0. The maximum absolute atomic E-state index is 11.5. The van der Waals surface area contributed by atoms with Crippen LogP contribution in [-0.4, -0.2) is 11.5 Å². The topological polar surface area (TPSA) is 17.1 Å². The van der Waals surface area contributed by atoms with Crippen LogP contribution in [0.3, 0.4) is 0 Å². The van der Waals surface area contributed by atoms with Crippen LogP contribution < -0.4 is 0 Å². The molecule has 0 aromatic heterocycles. The normalized spacial score (nSPS) is 10.2. The third-order valence-electron chi connectivity index (χ3n) is 5.88. The summed E-state index contributed by atoms with van der Waals surface area (Å²) in [5.74, 6) is 2.30. The van der Waals surface area contributed by atoms with Crippen LogP contribution in [0.15, 0.2) is 41.3 Å². The zero-order valence-electron chi connectivity index (χ0n) is 27.0. The average Bonchev–Trinajstić information content (AvgIpc) is 2.90. The van der Waals surface area contributed by atoms with Crippen LogP contribution in [0.5, 0.6) is 0 Å². The Kier molecular flexibility index (Phi) is 29.7. The standard InChI is InChI=1S/C15H22OS.C9H12.C7H16.2C2H6/c1-4-6-10-17-14-8-9-15(12(3)16)13(11-14)7-5-2;1-7-4-5-8(2)9(3)6-7;1-4-6-7(3)5-2;2*1-2/h8-9,11H,4-7,10H2,1-3H3;4-6H,1-3H3;7H,4-6H2,1-3H3;2*1-2H3. The fourth-order valence-corrected chi connectivity index (χ4v) is 4.46. The van der Waals surface area contributed by atoms with Gasteiger partial charge in [0.05, 0.1) is 0 Å². The number of aryl methyl sites for hydroxylation is 4. The second-order valence-corrected chi connectivity index (χ2v) is 10.4. The SMILES string of the molecule is CC.CC.CCCC(C)CC.CCCCSc1ccc(C(C)=O)c(CCC)c1.Cc1ccc(C)c(C)c1. The largest absolute Gasteiger partial charge is 0.295 e. The first-order valence-corrected chi connectivity index (χ1v) is 16.0. The molecular formula is C35H62OS. The molecule has 2 rings (SSSR count). The van der Waals surface area contributed by atoms with Gasteiger partial charge < -0.3 is 0 Å². The maximum Gasteiger partial charge on any atom is 0.160 e. The van der Waals surface area contributed by atoms with Gasteiger partial charge in [-0.05, 0) is 81.0 Å². The summed E-state index contributed by atoms with van der Waals surface area (Å²) in [4.78, 5) is 12.8. The van der Waals surface area contributed by atoms with E-state index in [1.807, 2.05) is 45.5 Å². The van der Waals surface area contributed by atoms with Gasteiger partial charge in [0, 0.05) is 10.5 Å². The number of ketones is 1. The maximum atomic E-state index is 11.5. The third kappa shape index (κ3) is 21.1. The first kappa shape index (κ1) is 40.0. The summed E-state index contributed by atoms with van der Waals surface area (Å²) < 4.78 is 0. The van der Waals surface area contributed by atoms with E-state index in [9.17, 15) is 4.79 Å². The molecule has 0 bridgehead atoms. The molecule has 2 aromatic rings. The molecule has 0 saturated carbocycles. The van der Waals surface area contributed by atoms with Crippen molar-refractivity contribution in [3.63, 3.8) is 0 Å². The minimum Gasteiger partial charge on any atom is -0.295 e. The fourth-order valence-electron chi connectivity index (χ4n) is 3.40. The van der Waals surface area contributed by atoms with Crippen molar-refractivity contribution < 1.29 is 4.79 Å². The van der Waals surface area contributed by atoms with Crippen molar-refractivity contribution in [1.82, 2.24) is 0 Å². The molecule has 0 radical (unpaired) electrons. The Balaban J connectivity index is -0.000000486. The smallest absolute Gasteiger partial charge is 0.160 e. The molecule has 1 atom stereocenters. The number of thioether (sulfide) groups is 1. The molecule has 0 aliphatic carbocycles. The van der Waals surface area contributed by atoms with Gasteiger partial charge in [-0.1, -0.05) is 124 Å². The summed E-state index contributed by atoms with van der Waals surface area (Å²) in [7, 11) is 0. The van der Waals surface area contributed by atoms with Gasteiger partial charge >= 0.3 is 0 Å². The fraction of sp³-hybridized carbons (Fsp3) is 0.629. The molecule has 2 heteroatoms. The quantitative estimate of drug-likeness (QED) is 0.172. The summed E-state index contributed by atoms with van der Waals surface area (Å²) in [6.07, 6.45) is 8.66. The molecule has 1 nitrogen and oxygen atoms in total. The summed E-state index contributed by atoms with van der Waals surface area (Å²) in [6, 6.07) is 12.8. The lowest BCUT2D eigenvalue weighted by molar-refractivity contribution is 0.101. The number of hydrogen-bond acceptors (Lipinski definition) is 2. The molecule has 0 saturated heterocycles. The van der Waals surface area contributed by atoms with Gasteiger partial charge in [-0.25, -0.2) is 0 Å². The van der Waals surface area contributed by atoms with E-state index in [1.54, 1.807) is 6.92 Å². The van der Waals surface area contributed by atoms with Crippen LogP contribution in [0.1, 0.15) is 140 Å². The van der Waals surface area contributed by atoms with Gasteiger partial charge in [0.1, 0.15) is 0 Å². The molecule has 1 unspecified atom stereocenters. The van der Waals surface area contributed by atoms with Gasteiger partial charge in [0.15, 0.2) is 5.78 Å². The highest BCUT2D eigenvalue weighted by molar-refractivity contribution is 7.99. The van der Waals surface area contributed by atoms with Crippen molar-refractivity contribution in [3.05, 3.63) is 64.2 Å². The summed E-state index contributed by atoms with van der Waals surface area (Å²) >= 11 is 1.89. The van der Waals surface area contributed by atoms with Gasteiger partial charge in [0.2, 0.25) is 0 Å². The second kappa shape index (κ2) is 27.5. The molecule has 0 aliphatic rings. The number of hydrogen-bond donors (Lipinski definition) is 0. The Morgan fingerprint density at radius 2 is 1.43 bits per heavy atom. The van der Waals surface area contributed by atoms with Crippen molar-refractivity contribution >= 4 is 17.5 Å². The van der Waals surface area contributed by atoms with Crippen molar-refractivity contribution in [2.75, 3.05) is 5.75 Å². The first-order valence-electron chi connectivity index (χ1n) is 15.0. The summed E-state index contributed by atoms with van der Waals surface area (Å²) in [6.45, 7) is 27.2. The Bertz CT molecular complexity index is 794. The number of unbranched alkanes of at least 4 members (excludes halogenated alkanes) is 1. The number of rotatable bonds is 10. The number of carbonyl (C=O) groups excluding carboxylic acids is 1. The van der Waals surface area contributed by atoms with Crippen LogP contribution >= 0.6 is 11.8 Å². The van der Waals surface area contributed by atoms with E-state index in [4.69, 9.17) is 0 Å². The molecule has 0 aliphatic heterocycles. The lowest BCUT2D eigenvalue weighted by Crippen LogP contribution is -1.99. The molecule has 37 heavy (non-hydrogen) atoms. The third-order valence-corrected chi connectivity index (χ3v) is 6.96. The monoisotopic (exact) mass is 530 g/mol. The minimum absolute atomic E-state index is 0.179. The highest BCUT2D eigenvalue weighted by Gasteiger charge is 2.07. The summed E-state index contributed by atoms with van der Waals surface area (Å²) in [5.41, 5.74) is 6.21. The zero-order chi connectivity index (χ0) is 29.2. The molecule has 0 fully saturated rings. The van der Waals surface area contributed by atoms with Gasteiger partial charge in [-0.2, -0.15) is 0 Å². The Labute approximate surface area is 237 Å². The van der Waals surface area contributed by atoms with Crippen LogP contribution in [0.4, 0.5) is 0 Å². The van der Waals surface area contributed by atoms with E-state index in [-0.39, 0.29) is 5.78 Å². The molecular weight excluding hydrogens is 468 g/mol. The first-order chi connectivity index (χ1) is 17.7. The van der Waals surface area contributed by atoms with E-state index in [1.165, 1.54) is 65.0 Å². The van der Waals surface area contributed by atoms with Crippen molar-refractivity contribution in [1.29, 1.82) is 0 Å². The van der Waals surface area contributed by atoms with Gasteiger partial charge in [0.25, 0.3) is 0 Å². The molecule has 0 N–H and O–H groups in total. The Morgan fingerprint density at radius 1 is 0.811 bits per heavy atom. The molecule has 214 valence electrons. The zero-order valence-corrected chi connectivity index (χ0v) is 27.8. The van der Waals surface area contributed by atoms with Crippen LogP contribution in [0.2, 0.25) is 0 Å². The number of carbonyl (C=O) groups is 1. The molecule has 2 aromatic carbocycles. The lowest BCUT2D eigenvalue weighted by Gasteiger charge is -2.08. The van der Waals surface area contributed by atoms with Gasteiger partial charge in [-0.15, -0.1) is 11.8 Å². The van der Waals surface area contributed by atoms with Crippen molar-refractivity contribution in [2.24, 2.45) is 5.92 Å². The predicted molar refractivity (Wildman–Crippen MR) is 174 cm³/mol. The van der Waals surface area contributed by atoms with Crippen molar-refractivity contribution in [2.45, 2.75) is 140 Å². The molecule has 0 heterocycles. The van der Waals surface area contributed by atoms with Crippen LogP contribution in [0.25, 0.3) is 0 Å². The second-order valence-electron chi connectivity index (χ2n) is 9.22. The van der Waals surface area contributed by atoms with E-state index < -0.39 is 0 Å². The van der Waals surface area contributed by atoms with Crippen LogP contribution in [0, 0.1) is 26.7 Å². The average molecular weight is 531 g/mol. The highest BCUT2D eigenvalue weighted by Crippen LogP contribution is 2.24. The molecule has 0 spiro atoms. The van der Waals surface area contributed by atoms with E-state index in [0.29, 0.717) is 0 Å². The minimum atomic E-state index is 0.179. The highest BCUT2D eigenvalue weighted by atomic mass is 32.2. The van der Waals surface area contributed by atoms with Crippen LogP contribution in [-0.2, 0) is 6.42 Å². The predicted octanol–water partition coefficient (Wildman–Crippen LogP) is 12.2. The van der Waals surface area contributed by atoms with Crippen molar-refractivity contribution in [3.8, 4) is 0 Å². The number of Topliss-reactive ketones (excluding diaryl/α,β-unsaturated/α-hetero) is 1.